The van der Waals surface area contributed by atoms with Gasteiger partial charge in [-0.15, -0.1) is 0 Å². The summed E-state index contributed by atoms with van der Waals surface area (Å²) in [6.45, 7) is 0.820. The van der Waals surface area contributed by atoms with E-state index in [1.807, 2.05) is 72.8 Å². The largest absolute Gasteiger partial charge is 0.337 e. The van der Waals surface area contributed by atoms with Crippen molar-refractivity contribution in [1.29, 1.82) is 0 Å². The Morgan fingerprint density at radius 1 is 0.946 bits per heavy atom. The summed E-state index contributed by atoms with van der Waals surface area (Å²) < 4.78 is 0. The maximum absolute atomic E-state index is 13.2. The molecule has 2 aliphatic rings. The van der Waals surface area contributed by atoms with Crippen LogP contribution < -0.4 is 5.56 Å². The summed E-state index contributed by atoms with van der Waals surface area (Å²) in [5, 5.41) is 1.37. The number of aromatic nitrogens is 2. The average Bonchev–Trinajstić information content (AvgIpc) is 3.71. The smallest absolute Gasteiger partial charge is 0.256 e. The van der Waals surface area contributed by atoms with E-state index in [2.05, 4.69) is 4.98 Å². The molecular formula is C30H25Cl2N3O2. The molecule has 0 atom stereocenters. The summed E-state index contributed by atoms with van der Waals surface area (Å²) in [5.41, 5.74) is 5.04. The molecule has 0 radical (unpaired) electrons. The second kappa shape index (κ2) is 9.47. The summed E-state index contributed by atoms with van der Waals surface area (Å²) in [6, 6.07) is 23.4. The molecule has 2 heterocycles. The van der Waals surface area contributed by atoms with Gasteiger partial charge in [0.1, 0.15) is 5.82 Å². The lowest BCUT2D eigenvalue weighted by molar-refractivity contribution is -0.131. The first-order valence-corrected chi connectivity index (χ1v) is 13.2. The van der Waals surface area contributed by atoms with Crippen LogP contribution >= 0.6 is 23.2 Å². The summed E-state index contributed by atoms with van der Waals surface area (Å²) in [6.07, 6.45) is 2.69. The van der Waals surface area contributed by atoms with E-state index in [1.165, 1.54) is 0 Å². The van der Waals surface area contributed by atoms with Crippen LogP contribution in [-0.4, -0.2) is 27.3 Å². The van der Waals surface area contributed by atoms with Gasteiger partial charge < -0.3 is 9.88 Å². The lowest BCUT2D eigenvalue weighted by Gasteiger charge is -2.29. The number of hydrogen-bond donors (Lipinski definition) is 1. The lowest BCUT2D eigenvalue weighted by Crippen LogP contribution is -2.41. The van der Waals surface area contributed by atoms with Gasteiger partial charge in [-0.1, -0.05) is 71.7 Å². The zero-order valence-corrected chi connectivity index (χ0v) is 21.6. The zero-order valence-electron chi connectivity index (χ0n) is 20.1. The lowest BCUT2D eigenvalue weighted by atomic mass is 9.94. The first kappa shape index (κ1) is 24.0. The third-order valence-electron chi connectivity index (χ3n) is 7.46. The van der Waals surface area contributed by atoms with Gasteiger partial charge >= 0.3 is 0 Å². The van der Waals surface area contributed by atoms with Gasteiger partial charge in [-0.05, 0) is 59.4 Å². The molecule has 1 aromatic heterocycles. The Kier molecular flexibility index (Phi) is 6.13. The van der Waals surface area contributed by atoms with Crippen molar-refractivity contribution in [3.63, 3.8) is 0 Å². The van der Waals surface area contributed by atoms with Crippen LogP contribution in [0.2, 0.25) is 10.0 Å². The number of nitrogens with one attached hydrogen (secondary N) is 1. The average molecular weight is 530 g/mol. The molecular weight excluding hydrogens is 505 g/mol. The Bertz CT molecular complexity index is 1560. The van der Waals surface area contributed by atoms with Gasteiger partial charge in [0, 0.05) is 23.0 Å². The minimum atomic E-state index is -0.277. The standard InChI is InChI=1S/C30H25Cl2N3O2/c31-23-9-7-20(8-10-23)21-4-1-3-19(15-21)16-27(36)35-14-11-26-25(18-35)28(37)34-29(33-26)30(12-13-30)22-5-2-6-24(32)17-22/h1-10,15,17H,11-14,16,18H2,(H,33,34,37). The van der Waals surface area contributed by atoms with Crippen molar-refractivity contribution >= 4 is 29.1 Å². The molecule has 1 amide bonds. The predicted octanol–water partition coefficient (Wildman–Crippen LogP) is 5.95. The van der Waals surface area contributed by atoms with E-state index >= 15 is 0 Å². The van der Waals surface area contributed by atoms with Crippen molar-refractivity contribution in [2.75, 3.05) is 6.54 Å². The monoisotopic (exact) mass is 529 g/mol. The molecule has 37 heavy (non-hydrogen) atoms. The SMILES string of the molecule is O=C(Cc1cccc(-c2ccc(Cl)cc2)c1)N1CCc2nc(C3(c4cccc(Cl)c4)CC3)[nH]c(=O)c2C1. The molecule has 0 bridgehead atoms. The number of carbonyl (C=O) groups excluding carboxylic acids is 1. The van der Waals surface area contributed by atoms with Crippen LogP contribution in [0.5, 0.6) is 0 Å². The zero-order chi connectivity index (χ0) is 25.6. The number of aromatic amines is 1. The van der Waals surface area contributed by atoms with Crippen LogP contribution in [-0.2, 0) is 29.6 Å². The second-order valence-electron chi connectivity index (χ2n) is 9.88. The Balaban J connectivity index is 1.20. The number of H-pyrrole nitrogens is 1. The maximum atomic E-state index is 13.2. The Morgan fingerprint density at radius 3 is 2.49 bits per heavy atom. The molecule has 0 spiro atoms. The van der Waals surface area contributed by atoms with E-state index in [9.17, 15) is 9.59 Å². The Hall–Kier alpha value is -3.41. The second-order valence-corrected chi connectivity index (χ2v) is 10.8. The predicted molar refractivity (Wildman–Crippen MR) is 146 cm³/mol. The van der Waals surface area contributed by atoms with E-state index in [0.29, 0.717) is 34.4 Å². The number of hydrogen-bond acceptors (Lipinski definition) is 3. The molecule has 1 fully saturated rings. The molecule has 0 saturated heterocycles. The maximum Gasteiger partial charge on any atom is 0.256 e. The highest BCUT2D eigenvalue weighted by molar-refractivity contribution is 6.30. The molecule has 186 valence electrons. The van der Waals surface area contributed by atoms with Crippen molar-refractivity contribution in [2.45, 2.75) is 37.6 Å². The van der Waals surface area contributed by atoms with Gasteiger partial charge in [-0.3, -0.25) is 9.59 Å². The van der Waals surface area contributed by atoms with Crippen molar-refractivity contribution in [2.24, 2.45) is 0 Å². The number of nitrogens with zero attached hydrogens (tertiary/aromatic N) is 2. The summed E-state index contributed by atoms with van der Waals surface area (Å²) in [4.78, 5) is 36.0. The highest BCUT2D eigenvalue weighted by Gasteiger charge is 2.48. The third-order valence-corrected chi connectivity index (χ3v) is 7.95. The van der Waals surface area contributed by atoms with E-state index in [0.717, 1.165) is 40.8 Å². The summed E-state index contributed by atoms with van der Waals surface area (Å²) in [5.74, 6) is 0.706. The number of fused-ring (bicyclic) bond motifs is 1. The number of carbonyl (C=O) groups is 1. The molecule has 6 rings (SSSR count). The number of benzene rings is 3. The first-order valence-electron chi connectivity index (χ1n) is 12.4. The molecule has 3 aromatic carbocycles. The number of rotatable bonds is 5. The highest BCUT2D eigenvalue weighted by Crippen LogP contribution is 2.52. The van der Waals surface area contributed by atoms with Crippen molar-refractivity contribution in [1.82, 2.24) is 14.9 Å². The molecule has 1 saturated carbocycles. The molecule has 4 aromatic rings. The third kappa shape index (κ3) is 4.70. The van der Waals surface area contributed by atoms with Crippen molar-refractivity contribution < 1.29 is 4.79 Å². The van der Waals surface area contributed by atoms with Gasteiger partial charge in [-0.2, -0.15) is 0 Å². The molecule has 0 unspecified atom stereocenters. The van der Waals surface area contributed by atoms with E-state index in [-0.39, 0.29) is 29.8 Å². The number of halogens is 2. The Morgan fingerprint density at radius 2 is 1.73 bits per heavy atom. The van der Waals surface area contributed by atoms with Crippen LogP contribution in [0.15, 0.2) is 77.6 Å². The van der Waals surface area contributed by atoms with Crippen LogP contribution in [0.25, 0.3) is 11.1 Å². The number of amides is 1. The fraction of sp³-hybridized carbons (Fsp3) is 0.233. The quantitative estimate of drug-likeness (QED) is 0.347. The first-order chi connectivity index (χ1) is 17.9. The van der Waals surface area contributed by atoms with Crippen molar-refractivity contribution in [3.05, 3.63) is 121 Å². The van der Waals surface area contributed by atoms with Crippen molar-refractivity contribution in [3.8, 4) is 11.1 Å². The van der Waals surface area contributed by atoms with E-state index in [1.54, 1.807) is 4.90 Å². The topological polar surface area (TPSA) is 66.1 Å². The van der Waals surface area contributed by atoms with Gasteiger partial charge in [0.15, 0.2) is 0 Å². The van der Waals surface area contributed by atoms with Gasteiger partial charge in [0.05, 0.1) is 29.6 Å². The molecule has 1 aliphatic carbocycles. The Labute approximate surface area is 225 Å². The summed E-state index contributed by atoms with van der Waals surface area (Å²) in [7, 11) is 0. The molecule has 1 N–H and O–H groups in total. The summed E-state index contributed by atoms with van der Waals surface area (Å²) >= 11 is 12.2. The molecule has 5 nitrogen and oxygen atoms in total. The van der Waals surface area contributed by atoms with Crippen LogP contribution in [0.1, 0.15) is 41.1 Å². The van der Waals surface area contributed by atoms with Crippen LogP contribution in [0, 0.1) is 0 Å². The van der Waals surface area contributed by atoms with E-state index in [4.69, 9.17) is 28.2 Å². The molecule has 1 aliphatic heterocycles. The van der Waals surface area contributed by atoms with Gasteiger partial charge in [0.2, 0.25) is 5.91 Å². The van der Waals surface area contributed by atoms with Crippen LogP contribution in [0.3, 0.4) is 0 Å². The minimum absolute atomic E-state index is 0.0000247. The van der Waals surface area contributed by atoms with Crippen LogP contribution in [0.4, 0.5) is 0 Å². The normalized spacial score (nSPS) is 15.8. The minimum Gasteiger partial charge on any atom is -0.337 e. The van der Waals surface area contributed by atoms with Gasteiger partial charge in [-0.25, -0.2) is 4.98 Å². The highest BCUT2D eigenvalue weighted by atomic mass is 35.5. The fourth-order valence-electron chi connectivity index (χ4n) is 5.23. The van der Waals surface area contributed by atoms with E-state index < -0.39 is 0 Å². The fourth-order valence-corrected chi connectivity index (χ4v) is 5.54. The van der Waals surface area contributed by atoms with Gasteiger partial charge in [0.25, 0.3) is 5.56 Å². The molecule has 7 heteroatoms.